The Morgan fingerprint density at radius 2 is 1.96 bits per heavy atom. The predicted molar refractivity (Wildman–Crippen MR) is 92.9 cm³/mol. The van der Waals surface area contributed by atoms with Gasteiger partial charge in [0.1, 0.15) is 0 Å². The number of hydrogen-bond acceptors (Lipinski definition) is 3. The first-order chi connectivity index (χ1) is 10.8. The fraction of sp³-hybridized carbons (Fsp3) is 0.438. The Labute approximate surface area is 149 Å². The second-order valence-electron chi connectivity index (χ2n) is 5.99. The SMILES string of the molecule is Cl.NC1CCCC(Nc2cc3cc(Cl)ccc3nc2C(F)(F)F)C1. The molecule has 8 heteroatoms. The number of nitrogens with one attached hydrogen (secondary N) is 1. The molecule has 3 N–H and O–H groups in total. The van der Waals surface area contributed by atoms with Gasteiger partial charge in [-0.2, -0.15) is 13.2 Å². The van der Waals surface area contributed by atoms with Crippen molar-refractivity contribution in [3.8, 4) is 0 Å². The van der Waals surface area contributed by atoms with E-state index in [0.717, 1.165) is 19.3 Å². The van der Waals surface area contributed by atoms with E-state index in [-0.39, 0.29) is 35.7 Å². The third kappa shape index (κ3) is 4.23. The molecule has 1 heterocycles. The third-order valence-electron chi connectivity index (χ3n) is 4.12. The number of halogens is 5. The molecule has 1 aliphatic rings. The topological polar surface area (TPSA) is 50.9 Å². The number of nitrogens with zero attached hydrogens (tertiary/aromatic N) is 1. The summed E-state index contributed by atoms with van der Waals surface area (Å²) in [5, 5.41) is 4.03. The van der Waals surface area contributed by atoms with E-state index in [9.17, 15) is 13.2 Å². The van der Waals surface area contributed by atoms with Crippen molar-refractivity contribution in [2.24, 2.45) is 5.73 Å². The molecular weight excluding hydrogens is 362 g/mol. The van der Waals surface area contributed by atoms with Crippen molar-refractivity contribution < 1.29 is 13.2 Å². The zero-order chi connectivity index (χ0) is 16.6. The average Bonchev–Trinajstić information content (AvgIpc) is 2.45. The van der Waals surface area contributed by atoms with Gasteiger partial charge in [0, 0.05) is 22.5 Å². The molecule has 3 nitrogen and oxygen atoms in total. The summed E-state index contributed by atoms with van der Waals surface area (Å²) >= 11 is 5.92. The molecule has 1 aromatic carbocycles. The largest absolute Gasteiger partial charge is 0.435 e. The summed E-state index contributed by atoms with van der Waals surface area (Å²) < 4.78 is 40.0. The molecule has 2 atom stereocenters. The van der Waals surface area contributed by atoms with Crippen LogP contribution in [0.1, 0.15) is 31.4 Å². The average molecular weight is 380 g/mol. The zero-order valence-electron chi connectivity index (χ0n) is 12.7. The number of rotatable bonds is 2. The normalized spacial score (nSPS) is 21.4. The van der Waals surface area contributed by atoms with Gasteiger partial charge in [0.25, 0.3) is 0 Å². The second kappa shape index (κ2) is 7.33. The Kier molecular flexibility index (Phi) is 5.83. The summed E-state index contributed by atoms with van der Waals surface area (Å²) in [6.07, 6.45) is -1.24. The Morgan fingerprint density at radius 1 is 1.21 bits per heavy atom. The van der Waals surface area contributed by atoms with Gasteiger partial charge in [-0.05, 0) is 49.9 Å². The van der Waals surface area contributed by atoms with Crippen LogP contribution < -0.4 is 11.1 Å². The van der Waals surface area contributed by atoms with Gasteiger partial charge in [0.15, 0.2) is 5.69 Å². The van der Waals surface area contributed by atoms with E-state index in [2.05, 4.69) is 10.3 Å². The highest BCUT2D eigenvalue weighted by molar-refractivity contribution is 6.31. The number of pyridine rings is 1. The molecule has 0 aliphatic heterocycles. The fourth-order valence-corrected chi connectivity index (χ4v) is 3.23. The molecule has 132 valence electrons. The van der Waals surface area contributed by atoms with Crippen molar-refractivity contribution in [2.75, 3.05) is 5.32 Å². The van der Waals surface area contributed by atoms with E-state index in [1.54, 1.807) is 6.07 Å². The van der Waals surface area contributed by atoms with Crippen molar-refractivity contribution in [1.29, 1.82) is 0 Å². The first-order valence-corrected chi connectivity index (χ1v) is 7.90. The number of benzene rings is 1. The molecule has 2 aromatic rings. The molecule has 0 bridgehead atoms. The van der Waals surface area contributed by atoms with Gasteiger partial charge in [0.2, 0.25) is 0 Å². The first-order valence-electron chi connectivity index (χ1n) is 7.52. The molecule has 1 fully saturated rings. The van der Waals surface area contributed by atoms with Crippen LogP contribution in [0.4, 0.5) is 18.9 Å². The number of anilines is 1. The van der Waals surface area contributed by atoms with Crippen LogP contribution in [0.15, 0.2) is 24.3 Å². The number of nitrogens with two attached hydrogens (primary N) is 1. The zero-order valence-corrected chi connectivity index (χ0v) is 14.3. The minimum absolute atomic E-state index is 0. The van der Waals surface area contributed by atoms with Crippen LogP contribution in [-0.4, -0.2) is 17.1 Å². The molecule has 3 rings (SSSR count). The van der Waals surface area contributed by atoms with Gasteiger partial charge in [-0.1, -0.05) is 11.6 Å². The maximum Gasteiger partial charge on any atom is 0.435 e. The highest BCUT2D eigenvalue weighted by atomic mass is 35.5. The highest BCUT2D eigenvalue weighted by Gasteiger charge is 2.36. The van der Waals surface area contributed by atoms with Crippen LogP contribution >= 0.6 is 24.0 Å². The van der Waals surface area contributed by atoms with Crippen LogP contribution in [-0.2, 0) is 6.18 Å². The van der Waals surface area contributed by atoms with Crippen LogP contribution in [0.5, 0.6) is 0 Å². The van der Waals surface area contributed by atoms with Gasteiger partial charge in [-0.15, -0.1) is 12.4 Å². The molecule has 0 radical (unpaired) electrons. The van der Waals surface area contributed by atoms with Crippen LogP contribution in [0.2, 0.25) is 5.02 Å². The molecule has 24 heavy (non-hydrogen) atoms. The number of fused-ring (bicyclic) bond motifs is 1. The lowest BCUT2D eigenvalue weighted by atomic mass is 9.91. The molecule has 0 saturated heterocycles. The maximum absolute atomic E-state index is 13.3. The van der Waals surface area contributed by atoms with Crippen molar-refractivity contribution in [2.45, 2.75) is 43.9 Å². The minimum atomic E-state index is -4.52. The van der Waals surface area contributed by atoms with Crippen LogP contribution in [0, 0.1) is 0 Å². The monoisotopic (exact) mass is 379 g/mol. The molecule has 0 spiro atoms. The van der Waals surface area contributed by atoms with Gasteiger partial charge >= 0.3 is 6.18 Å². The molecule has 1 saturated carbocycles. The molecule has 0 amide bonds. The predicted octanol–water partition coefficient (Wildman–Crippen LogP) is 5.01. The van der Waals surface area contributed by atoms with Crippen LogP contribution in [0.3, 0.4) is 0 Å². The van der Waals surface area contributed by atoms with Crippen molar-refractivity contribution in [1.82, 2.24) is 4.98 Å². The van der Waals surface area contributed by atoms with Gasteiger partial charge < -0.3 is 11.1 Å². The lowest BCUT2D eigenvalue weighted by Crippen LogP contribution is -2.35. The van der Waals surface area contributed by atoms with E-state index >= 15 is 0 Å². The van der Waals surface area contributed by atoms with Crippen LogP contribution in [0.25, 0.3) is 10.9 Å². The molecule has 1 aromatic heterocycles. The first kappa shape index (κ1) is 19.1. The summed E-state index contributed by atoms with van der Waals surface area (Å²) in [5.74, 6) is 0. The smallest absolute Gasteiger partial charge is 0.380 e. The lowest BCUT2D eigenvalue weighted by molar-refractivity contribution is -0.140. The Balaban J connectivity index is 0.00000208. The van der Waals surface area contributed by atoms with E-state index in [0.29, 0.717) is 16.8 Å². The maximum atomic E-state index is 13.3. The van der Waals surface area contributed by atoms with Gasteiger partial charge in [-0.3, -0.25) is 0 Å². The quantitative estimate of drug-likeness (QED) is 0.770. The number of aromatic nitrogens is 1. The van der Waals surface area contributed by atoms with Crippen molar-refractivity contribution >= 4 is 40.6 Å². The Hall–Kier alpha value is -1.24. The van der Waals surface area contributed by atoms with Gasteiger partial charge in [-0.25, -0.2) is 4.98 Å². The molecule has 1 aliphatic carbocycles. The Morgan fingerprint density at radius 3 is 2.62 bits per heavy atom. The summed E-state index contributed by atoms with van der Waals surface area (Å²) in [5.41, 5.74) is 5.28. The van der Waals surface area contributed by atoms with Crippen molar-refractivity contribution in [3.63, 3.8) is 0 Å². The van der Waals surface area contributed by atoms with E-state index in [1.165, 1.54) is 18.2 Å². The summed E-state index contributed by atoms with van der Waals surface area (Å²) in [4.78, 5) is 3.79. The Bertz CT molecular complexity index is 722. The summed E-state index contributed by atoms with van der Waals surface area (Å²) in [6, 6.07) is 6.06. The molecular formula is C16H18Cl2F3N3. The standard InChI is InChI=1S/C16H17ClF3N3.ClH/c17-10-4-5-13-9(6-10)7-14(15(23-13)16(18,19)20)22-12-3-1-2-11(21)8-12;/h4-7,11-12,22H,1-3,8,21H2;1H. The van der Waals surface area contributed by atoms with E-state index in [1.807, 2.05) is 0 Å². The minimum Gasteiger partial charge on any atom is -0.380 e. The van der Waals surface area contributed by atoms with E-state index < -0.39 is 11.9 Å². The summed E-state index contributed by atoms with van der Waals surface area (Å²) in [6.45, 7) is 0. The second-order valence-corrected chi connectivity index (χ2v) is 6.42. The number of alkyl halides is 3. The fourth-order valence-electron chi connectivity index (χ4n) is 3.05. The number of hydrogen-bond donors (Lipinski definition) is 2. The van der Waals surface area contributed by atoms with E-state index in [4.69, 9.17) is 17.3 Å². The lowest BCUT2D eigenvalue weighted by Gasteiger charge is -2.29. The van der Waals surface area contributed by atoms with Gasteiger partial charge in [0.05, 0.1) is 11.2 Å². The molecule has 2 unspecified atom stereocenters. The summed E-state index contributed by atoms with van der Waals surface area (Å²) in [7, 11) is 0. The van der Waals surface area contributed by atoms with Crippen molar-refractivity contribution in [3.05, 3.63) is 35.0 Å². The third-order valence-corrected chi connectivity index (χ3v) is 4.35. The highest BCUT2D eigenvalue weighted by Crippen LogP contribution is 2.36.